The molecule has 28 heavy (non-hydrogen) atoms. The molecule has 1 N–H and O–H groups in total. The van der Waals surface area contributed by atoms with Crippen molar-refractivity contribution < 1.29 is 9.72 Å². The van der Waals surface area contributed by atoms with Gasteiger partial charge in [-0.05, 0) is 44.5 Å². The number of aryl methyl sites for hydroxylation is 1. The van der Waals surface area contributed by atoms with Gasteiger partial charge in [-0.2, -0.15) is 0 Å². The predicted octanol–water partition coefficient (Wildman–Crippen LogP) is 4.92. The van der Waals surface area contributed by atoms with E-state index >= 15 is 0 Å². The number of nitrogens with one attached hydrogen (secondary N) is 1. The highest BCUT2D eigenvalue weighted by molar-refractivity contribution is 6.07. The molecule has 3 rings (SSSR count). The van der Waals surface area contributed by atoms with Crippen LogP contribution in [0, 0.1) is 17.0 Å². The van der Waals surface area contributed by atoms with Crippen LogP contribution in [0.1, 0.15) is 53.6 Å². The lowest BCUT2D eigenvalue weighted by molar-refractivity contribution is -0.385. The summed E-state index contributed by atoms with van der Waals surface area (Å²) in [5, 5.41) is 14.3. The van der Waals surface area contributed by atoms with E-state index in [1.807, 2.05) is 24.3 Å². The van der Waals surface area contributed by atoms with Crippen LogP contribution in [0.5, 0.6) is 0 Å². The summed E-state index contributed by atoms with van der Waals surface area (Å²) in [7, 11) is 2.12. The number of carbonyl (C=O) groups is 1. The molecule has 6 heteroatoms. The lowest BCUT2D eigenvalue weighted by atomic mass is 9.94. The first kappa shape index (κ1) is 20.0. The zero-order valence-electron chi connectivity index (χ0n) is 16.5. The van der Waals surface area contributed by atoms with Crippen molar-refractivity contribution in [3.05, 3.63) is 69.3 Å². The van der Waals surface area contributed by atoms with Crippen molar-refractivity contribution in [1.29, 1.82) is 0 Å². The fourth-order valence-corrected chi connectivity index (χ4v) is 3.97. The van der Waals surface area contributed by atoms with Crippen LogP contribution in [0.2, 0.25) is 0 Å². The van der Waals surface area contributed by atoms with Crippen molar-refractivity contribution in [2.24, 2.45) is 0 Å². The van der Waals surface area contributed by atoms with Crippen LogP contribution in [0.4, 0.5) is 11.4 Å². The molecular formula is C22H27N3O3. The fraction of sp³-hybridized carbons (Fsp3) is 0.409. The SMILES string of the molecule is Cc1cccc(C(=O)Nc2ccccc2CN(C)C2CCCCC2)c1[N+](=O)[O-]. The van der Waals surface area contributed by atoms with Gasteiger partial charge in [0.25, 0.3) is 11.6 Å². The third-order valence-electron chi connectivity index (χ3n) is 5.55. The molecule has 6 nitrogen and oxygen atoms in total. The molecule has 2 aromatic rings. The molecule has 0 radical (unpaired) electrons. The summed E-state index contributed by atoms with van der Waals surface area (Å²) in [6, 6.07) is 13.0. The van der Waals surface area contributed by atoms with Crippen LogP contribution < -0.4 is 5.32 Å². The van der Waals surface area contributed by atoms with Gasteiger partial charge in [0.05, 0.1) is 4.92 Å². The normalized spacial score (nSPS) is 14.8. The molecule has 0 atom stereocenters. The Labute approximate surface area is 165 Å². The fourth-order valence-electron chi connectivity index (χ4n) is 3.97. The monoisotopic (exact) mass is 381 g/mol. The number of nitrogens with zero attached hydrogens (tertiary/aromatic N) is 2. The quantitative estimate of drug-likeness (QED) is 0.569. The molecule has 0 aromatic heterocycles. The predicted molar refractivity (Wildman–Crippen MR) is 111 cm³/mol. The second-order valence-corrected chi connectivity index (χ2v) is 7.55. The molecule has 2 aromatic carbocycles. The number of anilines is 1. The Hall–Kier alpha value is -2.73. The maximum Gasteiger partial charge on any atom is 0.285 e. The highest BCUT2D eigenvalue weighted by Crippen LogP contribution is 2.27. The molecule has 1 fully saturated rings. The van der Waals surface area contributed by atoms with Crippen molar-refractivity contribution in [2.75, 3.05) is 12.4 Å². The molecule has 0 aliphatic heterocycles. The molecule has 0 spiro atoms. The molecule has 1 saturated carbocycles. The molecule has 0 heterocycles. The van der Waals surface area contributed by atoms with Gasteiger partial charge in [-0.3, -0.25) is 19.8 Å². The van der Waals surface area contributed by atoms with Gasteiger partial charge in [0.1, 0.15) is 5.56 Å². The van der Waals surface area contributed by atoms with Gasteiger partial charge >= 0.3 is 0 Å². The Balaban J connectivity index is 1.79. The van der Waals surface area contributed by atoms with Gasteiger partial charge in [0.2, 0.25) is 0 Å². The number of para-hydroxylation sites is 2. The Morgan fingerprint density at radius 1 is 1.14 bits per heavy atom. The number of hydrogen-bond acceptors (Lipinski definition) is 4. The van der Waals surface area contributed by atoms with E-state index < -0.39 is 10.8 Å². The number of benzene rings is 2. The molecule has 1 aliphatic rings. The van der Waals surface area contributed by atoms with Gasteiger partial charge < -0.3 is 5.32 Å². The minimum Gasteiger partial charge on any atom is -0.321 e. The maximum atomic E-state index is 12.8. The second kappa shape index (κ2) is 8.97. The third kappa shape index (κ3) is 4.57. The van der Waals surface area contributed by atoms with Gasteiger partial charge in [0, 0.05) is 23.8 Å². The van der Waals surface area contributed by atoms with Crippen molar-refractivity contribution in [3.63, 3.8) is 0 Å². The molecule has 1 aliphatic carbocycles. The Bertz CT molecular complexity index is 860. The van der Waals surface area contributed by atoms with E-state index in [4.69, 9.17) is 0 Å². The van der Waals surface area contributed by atoms with Crippen LogP contribution in [0.3, 0.4) is 0 Å². The van der Waals surface area contributed by atoms with Crippen molar-refractivity contribution >= 4 is 17.3 Å². The van der Waals surface area contributed by atoms with Crippen LogP contribution in [0.25, 0.3) is 0 Å². The van der Waals surface area contributed by atoms with Gasteiger partial charge in [0.15, 0.2) is 0 Å². The van der Waals surface area contributed by atoms with Gasteiger partial charge in [-0.25, -0.2) is 0 Å². The summed E-state index contributed by atoms with van der Waals surface area (Å²) >= 11 is 0. The van der Waals surface area contributed by atoms with Crippen molar-refractivity contribution in [3.8, 4) is 0 Å². The lowest BCUT2D eigenvalue weighted by Crippen LogP contribution is -2.33. The number of nitro groups is 1. The smallest absolute Gasteiger partial charge is 0.285 e. The molecule has 0 bridgehead atoms. The standard InChI is InChI=1S/C22H27N3O3/c1-16-9-8-13-19(21(16)25(27)28)22(26)23-20-14-7-6-10-17(20)15-24(2)18-11-4-3-5-12-18/h6-10,13-14,18H,3-5,11-12,15H2,1-2H3,(H,23,26). The summed E-state index contributed by atoms with van der Waals surface area (Å²) in [5.41, 5.74) is 2.13. The van der Waals surface area contributed by atoms with Crippen molar-refractivity contribution in [1.82, 2.24) is 4.90 Å². The number of carbonyl (C=O) groups excluding carboxylic acids is 1. The first-order valence-corrected chi connectivity index (χ1v) is 9.81. The summed E-state index contributed by atoms with van der Waals surface area (Å²) in [5.74, 6) is -0.455. The summed E-state index contributed by atoms with van der Waals surface area (Å²) in [6.45, 7) is 2.37. The zero-order chi connectivity index (χ0) is 20.1. The second-order valence-electron chi connectivity index (χ2n) is 7.55. The van der Waals surface area contributed by atoms with E-state index in [0.29, 0.717) is 17.3 Å². The zero-order valence-corrected chi connectivity index (χ0v) is 16.5. The van der Waals surface area contributed by atoms with Gasteiger partial charge in [-0.1, -0.05) is 49.6 Å². The number of nitro benzene ring substituents is 1. The molecule has 0 unspecified atom stereocenters. The Morgan fingerprint density at radius 2 is 1.86 bits per heavy atom. The summed E-state index contributed by atoms with van der Waals surface area (Å²) in [6.07, 6.45) is 6.27. The average Bonchev–Trinajstić information content (AvgIpc) is 2.69. The van der Waals surface area contributed by atoms with E-state index in [1.165, 1.54) is 38.2 Å². The van der Waals surface area contributed by atoms with E-state index in [0.717, 1.165) is 12.1 Å². The van der Waals surface area contributed by atoms with Crippen LogP contribution >= 0.6 is 0 Å². The van der Waals surface area contributed by atoms with E-state index in [9.17, 15) is 14.9 Å². The number of hydrogen-bond donors (Lipinski definition) is 1. The third-order valence-corrected chi connectivity index (χ3v) is 5.55. The Kier molecular flexibility index (Phi) is 6.41. The minimum atomic E-state index is -0.493. The first-order valence-electron chi connectivity index (χ1n) is 9.81. The highest BCUT2D eigenvalue weighted by atomic mass is 16.6. The number of amides is 1. The minimum absolute atomic E-state index is 0.0837. The summed E-state index contributed by atoms with van der Waals surface area (Å²) < 4.78 is 0. The topological polar surface area (TPSA) is 75.5 Å². The maximum absolute atomic E-state index is 12.8. The van der Waals surface area contributed by atoms with Gasteiger partial charge in [-0.15, -0.1) is 0 Å². The molecule has 0 saturated heterocycles. The molecule has 148 valence electrons. The van der Waals surface area contributed by atoms with Crippen LogP contribution in [-0.4, -0.2) is 28.8 Å². The Morgan fingerprint density at radius 3 is 2.57 bits per heavy atom. The van der Waals surface area contributed by atoms with E-state index in [1.54, 1.807) is 19.1 Å². The van der Waals surface area contributed by atoms with Crippen LogP contribution in [0.15, 0.2) is 42.5 Å². The molecule has 1 amide bonds. The highest BCUT2D eigenvalue weighted by Gasteiger charge is 2.23. The van der Waals surface area contributed by atoms with E-state index in [2.05, 4.69) is 17.3 Å². The average molecular weight is 381 g/mol. The van der Waals surface area contributed by atoms with E-state index in [-0.39, 0.29) is 11.3 Å². The lowest BCUT2D eigenvalue weighted by Gasteiger charge is -2.31. The largest absolute Gasteiger partial charge is 0.321 e. The first-order chi connectivity index (χ1) is 13.5. The van der Waals surface area contributed by atoms with Crippen LogP contribution in [-0.2, 0) is 6.54 Å². The number of rotatable bonds is 6. The summed E-state index contributed by atoms with van der Waals surface area (Å²) in [4.78, 5) is 26.1. The van der Waals surface area contributed by atoms with Crippen molar-refractivity contribution in [2.45, 2.75) is 51.6 Å². The molecular weight excluding hydrogens is 354 g/mol.